The minimum Gasteiger partial charge on any atom is -0.324 e. The highest BCUT2D eigenvalue weighted by atomic mass is 32.2. The van der Waals surface area contributed by atoms with E-state index in [4.69, 9.17) is 0 Å². The van der Waals surface area contributed by atoms with Crippen molar-refractivity contribution in [1.29, 1.82) is 0 Å². The second-order valence-electron chi connectivity index (χ2n) is 5.99. The van der Waals surface area contributed by atoms with Gasteiger partial charge >= 0.3 is 6.18 Å². The normalized spacial score (nSPS) is 13.1. The first kappa shape index (κ1) is 21.7. The van der Waals surface area contributed by atoms with Gasteiger partial charge in [0.25, 0.3) is 0 Å². The van der Waals surface area contributed by atoms with E-state index in [1.165, 1.54) is 31.2 Å². The molecule has 1 unspecified atom stereocenters. The predicted octanol–water partition coefficient (Wildman–Crippen LogP) is 4.03. The number of sulfonamides is 1. The Morgan fingerprint density at radius 2 is 1.68 bits per heavy atom. The van der Waals surface area contributed by atoms with E-state index in [2.05, 4.69) is 5.32 Å². The van der Waals surface area contributed by atoms with Crippen LogP contribution in [0.4, 0.5) is 28.9 Å². The number of alkyl halides is 3. The van der Waals surface area contributed by atoms with Crippen LogP contribution in [0.5, 0.6) is 0 Å². The summed E-state index contributed by atoms with van der Waals surface area (Å²) in [5.74, 6) is -1.54. The number of para-hydroxylation sites is 1. The molecule has 152 valence electrons. The number of carbonyl (C=O) groups is 1. The van der Waals surface area contributed by atoms with Crippen molar-refractivity contribution in [1.82, 2.24) is 0 Å². The van der Waals surface area contributed by atoms with Gasteiger partial charge in [-0.15, -0.1) is 0 Å². The second-order valence-corrected chi connectivity index (χ2v) is 7.85. The highest BCUT2D eigenvalue weighted by Gasteiger charge is 2.36. The van der Waals surface area contributed by atoms with Crippen molar-refractivity contribution in [3.05, 3.63) is 59.9 Å². The molecule has 0 aliphatic carbocycles. The van der Waals surface area contributed by atoms with Gasteiger partial charge in [0.15, 0.2) is 0 Å². The van der Waals surface area contributed by atoms with Crippen molar-refractivity contribution in [3.63, 3.8) is 0 Å². The number of halogens is 4. The maximum atomic E-state index is 13.2. The van der Waals surface area contributed by atoms with E-state index < -0.39 is 45.2 Å². The number of amides is 1. The van der Waals surface area contributed by atoms with Gasteiger partial charge in [0.2, 0.25) is 15.9 Å². The average molecular weight is 418 g/mol. The van der Waals surface area contributed by atoms with Gasteiger partial charge in [0.1, 0.15) is 11.9 Å². The number of nitrogens with zero attached hydrogens (tertiary/aromatic N) is 1. The van der Waals surface area contributed by atoms with Crippen LogP contribution in [0.25, 0.3) is 0 Å². The zero-order valence-corrected chi connectivity index (χ0v) is 15.8. The Morgan fingerprint density at radius 1 is 1.11 bits per heavy atom. The van der Waals surface area contributed by atoms with E-state index in [1.54, 1.807) is 0 Å². The van der Waals surface area contributed by atoms with Gasteiger partial charge in [0.05, 0.1) is 23.2 Å². The molecule has 2 rings (SSSR count). The first-order valence-corrected chi connectivity index (χ1v) is 10.0. The molecule has 1 atom stereocenters. The predicted molar refractivity (Wildman–Crippen MR) is 97.9 cm³/mol. The zero-order chi connectivity index (χ0) is 21.1. The van der Waals surface area contributed by atoms with E-state index >= 15 is 0 Å². The van der Waals surface area contributed by atoms with E-state index in [0.717, 1.165) is 34.8 Å². The lowest BCUT2D eigenvalue weighted by molar-refractivity contribution is -0.137. The first-order chi connectivity index (χ1) is 12.9. The third kappa shape index (κ3) is 5.00. The summed E-state index contributed by atoms with van der Waals surface area (Å²) >= 11 is 0. The summed E-state index contributed by atoms with van der Waals surface area (Å²) in [5.41, 5.74) is -1.51. The standard InChI is InChI=1S/C18H18F4N2O3S/c1-3-16(24(28(2,26)27)13-10-8-12(19)9-11-13)17(25)23-15-7-5-4-6-14(15)18(20,21)22/h4-11,16H,3H2,1-2H3,(H,23,25). The molecule has 0 aromatic heterocycles. The molecule has 0 spiro atoms. The number of rotatable bonds is 6. The van der Waals surface area contributed by atoms with Gasteiger partial charge in [-0.3, -0.25) is 9.10 Å². The highest BCUT2D eigenvalue weighted by Crippen LogP contribution is 2.35. The van der Waals surface area contributed by atoms with Gasteiger partial charge in [-0.1, -0.05) is 19.1 Å². The number of benzene rings is 2. The van der Waals surface area contributed by atoms with Crippen molar-refractivity contribution >= 4 is 27.3 Å². The quantitative estimate of drug-likeness (QED) is 0.721. The van der Waals surface area contributed by atoms with Crippen molar-refractivity contribution < 1.29 is 30.8 Å². The van der Waals surface area contributed by atoms with Crippen LogP contribution in [0.1, 0.15) is 18.9 Å². The van der Waals surface area contributed by atoms with Crippen LogP contribution < -0.4 is 9.62 Å². The fourth-order valence-corrected chi connectivity index (χ4v) is 3.92. The van der Waals surface area contributed by atoms with Crippen molar-refractivity contribution in [3.8, 4) is 0 Å². The van der Waals surface area contributed by atoms with Crippen LogP contribution in [-0.4, -0.2) is 26.6 Å². The molecule has 0 aliphatic heterocycles. The van der Waals surface area contributed by atoms with Crippen molar-refractivity contribution in [2.24, 2.45) is 0 Å². The number of hydrogen-bond acceptors (Lipinski definition) is 3. The number of hydrogen-bond donors (Lipinski definition) is 1. The van der Waals surface area contributed by atoms with Crippen LogP contribution in [-0.2, 0) is 21.0 Å². The Kier molecular flexibility index (Phi) is 6.33. The second kappa shape index (κ2) is 8.17. The first-order valence-electron chi connectivity index (χ1n) is 8.17. The molecular formula is C18H18F4N2O3S. The fourth-order valence-electron chi connectivity index (χ4n) is 2.70. The summed E-state index contributed by atoms with van der Waals surface area (Å²) in [4.78, 5) is 12.7. The molecule has 10 heteroatoms. The van der Waals surface area contributed by atoms with E-state index in [1.807, 2.05) is 0 Å². The van der Waals surface area contributed by atoms with Gasteiger partial charge in [0, 0.05) is 0 Å². The summed E-state index contributed by atoms with van der Waals surface area (Å²) in [6.07, 6.45) is -3.86. The Hall–Kier alpha value is -2.62. The molecule has 28 heavy (non-hydrogen) atoms. The minimum atomic E-state index is -4.70. The lowest BCUT2D eigenvalue weighted by Gasteiger charge is -2.30. The molecule has 0 saturated carbocycles. The maximum absolute atomic E-state index is 13.2. The number of nitrogens with one attached hydrogen (secondary N) is 1. The Bertz CT molecular complexity index is 944. The lowest BCUT2D eigenvalue weighted by Crippen LogP contribution is -2.47. The van der Waals surface area contributed by atoms with Crippen molar-refractivity contribution in [2.75, 3.05) is 15.9 Å². The monoisotopic (exact) mass is 418 g/mol. The fraction of sp³-hybridized carbons (Fsp3) is 0.278. The SMILES string of the molecule is CCC(C(=O)Nc1ccccc1C(F)(F)F)N(c1ccc(F)cc1)S(C)(=O)=O. The molecular weight excluding hydrogens is 400 g/mol. The molecule has 0 bridgehead atoms. The third-order valence-corrected chi connectivity index (χ3v) is 5.08. The Balaban J connectivity index is 2.42. The highest BCUT2D eigenvalue weighted by molar-refractivity contribution is 7.92. The van der Waals surface area contributed by atoms with Crippen LogP contribution >= 0.6 is 0 Å². The largest absolute Gasteiger partial charge is 0.418 e. The van der Waals surface area contributed by atoms with Crippen LogP contribution in [0, 0.1) is 5.82 Å². The van der Waals surface area contributed by atoms with E-state index in [-0.39, 0.29) is 12.1 Å². The van der Waals surface area contributed by atoms with Gasteiger partial charge < -0.3 is 5.32 Å². The number of carbonyl (C=O) groups excluding carboxylic acids is 1. The van der Waals surface area contributed by atoms with Crippen LogP contribution in [0.2, 0.25) is 0 Å². The average Bonchev–Trinajstić information content (AvgIpc) is 2.59. The molecule has 0 radical (unpaired) electrons. The zero-order valence-electron chi connectivity index (χ0n) is 15.0. The van der Waals surface area contributed by atoms with Crippen molar-refractivity contribution in [2.45, 2.75) is 25.6 Å². The summed E-state index contributed by atoms with van der Waals surface area (Å²) in [6.45, 7) is 1.52. The molecule has 0 fully saturated rings. The lowest BCUT2D eigenvalue weighted by atomic mass is 10.1. The number of anilines is 2. The molecule has 1 amide bonds. The smallest absolute Gasteiger partial charge is 0.324 e. The van der Waals surface area contributed by atoms with E-state index in [9.17, 15) is 30.8 Å². The van der Waals surface area contributed by atoms with Crippen LogP contribution in [0.15, 0.2) is 48.5 Å². The molecule has 2 aromatic rings. The topological polar surface area (TPSA) is 66.5 Å². The van der Waals surface area contributed by atoms with Gasteiger partial charge in [-0.05, 0) is 42.8 Å². The van der Waals surface area contributed by atoms with Gasteiger partial charge in [-0.2, -0.15) is 13.2 Å². The summed E-state index contributed by atoms with van der Waals surface area (Å²) in [5, 5.41) is 2.16. The summed E-state index contributed by atoms with van der Waals surface area (Å²) in [7, 11) is -3.99. The molecule has 0 heterocycles. The third-order valence-electron chi connectivity index (χ3n) is 3.90. The molecule has 1 N–H and O–H groups in total. The molecule has 0 saturated heterocycles. The molecule has 5 nitrogen and oxygen atoms in total. The van der Waals surface area contributed by atoms with Gasteiger partial charge in [-0.25, -0.2) is 12.8 Å². The molecule has 0 aliphatic rings. The maximum Gasteiger partial charge on any atom is 0.418 e. The Morgan fingerprint density at radius 3 is 2.18 bits per heavy atom. The Labute approximate surface area is 160 Å². The summed E-state index contributed by atoms with van der Waals surface area (Å²) < 4.78 is 77.9. The minimum absolute atomic E-state index is 0.0232. The van der Waals surface area contributed by atoms with E-state index in [0.29, 0.717) is 0 Å². The van der Waals surface area contributed by atoms with Crippen LogP contribution in [0.3, 0.4) is 0 Å². The molecule has 2 aromatic carbocycles. The summed E-state index contributed by atoms with van der Waals surface area (Å²) in [6, 6.07) is 7.46.